The van der Waals surface area contributed by atoms with Crippen LogP contribution in [-0.2, 0) is 11.3 Å². The Labute approximate surface area is 215 Å². The quantitative estimate of drug-likeness (QED) is 0.215. The molecule has 10 nitrogen and oxygen atoms in total. The van der Waals surface area contributed by atoms with Gasteiger partial charge in [0.15, 0.2) is 5.65 Å². The van der Waals surface area contributed by atoms with E-state index in [1.807, 2.05) is 18.2 Å². The minimum Gasteiger partial charge on any atom is -0.351 e. The first-order chi connectivity index (χ1) is 17.9. The van der Waals surface area contributed by atoms with E-state index in [1.54, 1.807) is 22.8 Å². The molecule has 186 valence electrons. The fourth-order valence-corrected chi connectivity index (χ4v) is 4.23. The first-order valence-corrected chi connectivity index (χ1v) is 12.0. The average Bonchev–Trinajstić information content (AvgIpc) is 3.51. The molecule has 12 heteroatoms. The molecule has 0 radical (unpaired) electrons. The van der Waals surface area contributed by atoms with Gasteiger partial charge in [-0.25, -0.2) is 9.18 Å². The highest BCUT2D eigenvalue weighted by molar-refractivity contribution is 6.30. The Morgan fingerprint density at radius 2 is 2.00 bits per heavy atom. The molecule has 37 heavy (non-hydrogen) atoms. The second-order valence-corrected chi connectivity index (χ2v) is 9.19. The number of anilines is 2. The minimum atomic E-state index is -0.591. The molecule has 0 atom stereocenters. The molecule has 2 fully saturated rings. The summed E-state index contributed by atoms with van der Waals surface area (Å²) in [4.78, 5) is 32.7. The Morgan fingerprint density at radius 3 is 2.76 bits per heavy atom. The van der Waals surface area contributed by atoms with E-state index in [0.29, 0.717) is 27.7 Å². The Morgan fingerprint density at radius 1 is 1.14 bits per heavy atom. The molecule has 3 heterocycles. The lowest BCUT2D eigenvalue weighted by Gasteiger charge is -2.13. The maximum atomic E-state index is 14.2. The molecule has 1 aliphatic carbocycles. The van der Waals surface area contributed by atoms with Gasteiger partial charge in [-0.15, -0.1) is 0 Å². The van der Waals surface area contributed by atoms with Gasteiger partial charge in [-0.3, -0.25) is 10.1 Å². The van der Waals surface area contributed by atoms with Crippen LogP contribution in [0.15, 0.2) is 54.4 Å². The van der Waals surface area contributed by atoms with Crippen molar-refractivity contribution in [2.24, 2.45) is 0 Å². The molecule has 6 rings (SSSR count). The third kappa shape index (κ3) is 4.81. The lowest BCUT2D eigenvalue weighted by atomic mass is 9.99. The molecule has 4 N–H and O–H groups in total. The van der Waals surface area contributed by atoms with Gasteiger partial charge in [0.25, 0.3) is 5.91 Å². The zero-order chi connectivity index (χ0) is 25.5. The topological polar surface area (TPSA) is 125 Å². The monoisotopic (exact) mass is 518 g/mol. The van der Waals surface area contributed by atoms with E-state index in [1.165, 1.54) is 18.2 Å². The summed E-state index contributed by atoms with van der Waals surface area (Å²) in [6.45, 7) is 0.238. The summed E-state index contributed by atoms with van der Waals surface area (Å²) in [5.74, 6) is -0.129. The van der Waals surface area contributed by atoms with E-state index >= 15 is 0 Å². The Kier molecular flexibility index (Phi) is 5.68. The minimum absolute atomic E-state index is 0.0932. The van der Waals surface area contributed by atoms with Gasteiger partial charge in [0.05, 0.1) is 6.20 Å². The molecule has 3 amide bonds. The Hall–Kier alpha value is -4.51. The molecular weight excluding hydrogens is 499 g/mol. The lowest BCUT2D eigenvalue weighted by Crippen LogP contribution is -2.22. The number of hydrogen-bond acceptors (Lipinski definition) is 7. The van der Waals surface area contributed by atoms with E-state index in [-0.39, 0.29) is 30.0 Å². The normalized spacial score (nSPS) is 16.2. The van der Waals surface area contributed by atoms with Crippen molar-refractivity contribution in [1.29, 1.82) is 0 Å². The van der Waals surface area contributed by atoms with Gasteiger partial charge >= 0.3 is 6.03 Å². The van der Waals surface area contributed by atoms with Crippen molar-refractivity contribution in [3.05, 3.63) is 76.3 Å². The average molecular weight is 519 g/mol. The maximum absolute atomic E-state index is 14.2. The summed E-state index contributed by atoms with van der Waals surface area (Å²) in [5.41, 5.74) is 3.42. The number of rotatable bonds is 7. The van der Waals surface area contributed by atoms with Gasteiger partial charge in [-0.05, 0) is 59.9 Å². The summed E-state index contributed by atoms with van der Waals surface area (Å²) >= 11 is 6.17. The second kappa shape index (κ2) is 9.17. The van der Waals surface area contributed by atoms with Crippen LogP contribution in [0.4, 0.5) is 21.1 Å². The highest BCUT2D eigenvalue weighted by atomic mass is 35.5. The smallest absolute Gasteiger partial charge is 0.326 e. The SMILES string of the molecule is O=C1NC(=O)/C(=C/c2cnn3c(NC4CC4)nc(NCc4cc(F)ccc4-c4cccc(Cl)c4)nc23)N1. The number of imide groups is 1. The first kappa shape index (κ1) is 22.9. The van der Waals surface area contributed by atoms with Crippen LogP contribution in [0.1, 0.15) is 24.0 Å². The van der Waals surface area contributed by atoms with Gasteiger partial charge in [-0.2, -0.15) is 19.6 Å². The zero-order valence-electron chi connectivity index (χ0n) is 19.3. The second-order valence-electron chi connectivity index (χ2n) is 8.76. The van der Waals surface area contributed by atoms with E-state index in [9.17, 15) is 14.0 Å². The fourth-order valence-electron chi connectivity index (χ4n) is 4.04. The van der Waals surface area contributed by atoms with Gasteiger partial charge in [0.1, 0.15) is 11.5 Å². The van der Waals surface area contributed by atoms with Crippen molar-refractivity contribution in [2.45, 2.75) is 25.4 Å². The van der Waals surface area contributed by atoms with Crippen LogP contribution in [0, 0.1) is 5.82 Å². The summed E-state index contributed by atoms with van der Waals surface area (Å²) < 4.78 is 15.7. The Balaban J connectivity index is 1.35. The Bertz CT molecular complexity index is 1600. The maximum Gasteiger partial charge on any atom is 0.326 e. The number of nitrogens with zero attached hydrogens (tertiary/aromatic N) is 4. The fraction of sp³-hybridized carbons (Fsp3) is 0.160. The van der Waals surface area contributed by atoms with Gasteiger partial charge < -0.3 is 16.0 Å². The van der Waals surface area contributed by atoms with Crippen molar-refractivity contribution in [2.75, 3.05) is 10.6 Å². The molecule has 2 aliphatic rings. The van der Waals surface area contributed by atoms with E-state index in [2.05, 4.69) is 36.3 Å². The summed E-state index contributed by atoms with van der Waals surface area (Å²) in [6.07, 6.45) is 5.08. The van der Waals surface area contributed by atoms with E-state index < -0.39 is 11.9 Å². The van der Waals surface area contributed by atoms with Crippen LogP contribution in [0.2, 0.25) is 5.02 Å². The highest BCUT2D eigenvalue weighted by Gasteiger charge is 2.26. The van der Waals surface area contributed by atoms with Crippen molar-refractivity contribution in [1.82, 2.24) is 30.2 Å². The molecule has 0 spiro atoms. The van der Waals surface area contributed by atoms with Crippen molar-refractivity contribution >= 4 is 47.2 Å². The zero-order valence-corrected chi connectivity index (χ0v) is 20.0. The predicted octanol–water partition coefficient (Wildman–Crippen LogP) is 3.95. The molecule has 1 aliphatic heterocycles. The van der Waals surface area contributed by atoms with Crippen LogP contribution < -0.4 is 21.3 Å². The summed E-state index contributed by atoms with van der Waals surface area (Å²) in [6, 6.07) is 11.6. The van der Waals surface area contributed by atoms with Crippen LogP contribution in [0.5, 0.6) is 0 Å². The van der Waals surface area contributed by atoms with Crippen molar-refractivity contribution in [3.63, 3.8) is 0 Å². The van der Waals surface area contributed by atoms with Crippen LogP contribution in [-0.4, -0.2) is 37.6 Å². The molecule has 1 saturated carbocycles. The number of urea groups is 1. The number of carbonyl (C=O) groups is 2. The number of benzene rings is 2. The number of nitrogens with one attached hydrogen (secondary N) is 4. The van der Waals surface area contributed by atoms with Crippen molar-refractivity contribution < 1.29 is 14.0 Å². The number of aromatic nitrogens is 4. The van der Waals surface area contributed by atoms with Crippen LogP contribution >= 0.6 is 11.6 Å². The van der Waals surface area contributed by atoms with Crippen molar-refractivity contribution in [3.8, 4) is 11.1 Å². The summed E-state index contributed by atoms with van der Waals surface area (Å²) in [5, 5.41) is 16.1. The third-order valence-corrected chi connectivity index (χ3v) is 6.20. The van der Waals surface area contributed by atoms with E-state index in [0.717, 1.165) is 24.0 Å². The molecule has 2 aromatic heterocycles. The molecule has 4 aromatic rings. The van der Waals surface area contributed by atoms with E-state index in [4.69, 9.17) is 11.6 Å². The van der Waals surface area contributed by atoms with Gasteiger partial charge in [0, 0.05) is 23.2 Å². The molecule has 2 aromatic carbocycles. The lowest BCUT2D eigenvalue weighted by molar-refractivity contribution is -0.115. The number of fused-ring (bicyclic) bond motifs is 1. The molecule has 0 unspecified atom stereocenters. The van der Waals surface area contributed by atoms with Crippen LogP contribution in [0.3, 0.4) is 0 Å². The molecule has 0 bridgehead atoms. The predicted molar refractivity (Wildman–Crippen MR) is 136 cm³/mol. The largest absolute Gasteiger partial charge is 0.351 e. The number of amides is 3. The van der Waals surface area contributed by atoms with Gasteiger partial charge in [-0.1, -0.05) is 29.8 Å². The molecular formula is C25H20ClFN8O2. The number of carbonyl (C=O) groups excluding carboxylic acids is 2. The highest BCUT2D eigenvalue weighted by Crippen LogP contribution is 2.29. The molecule has 1 saturated heterocycles. The standard InChI is InChI=1S/C25H20ClFN8O2/c26-16-3-1-2-13(8-16)19-7-4-17(27)9-14(19)11-28-23-32-21-15(10-20-22(36)33-25(37)31-20)12-29-35(21)24(34-23)30-18-5-6-18/h1-4,7-10,12,18H,5-6,11H2,(H2,28,30,32,34)(H2,31,33,36,37)/b20-10-. The van der Waals surface area contributed by atoms with Crippen LogP contribution in [0.25, 0.3) is 22.9 Å². The number of halogens is 2. The summed E-state index contributed by atoms with van der Waals surface area (Å²) in [7, 11) is 0. The van der Waals surface area contributed by atoms with Gasteiger partial charge in [0.2, 0.25) is 11.9 Å². The third-order valence-electron chi connectivity index (χ3n) is 5.97. The number of hydrogen-bond donors (Lipinski definition) is 4. The first-order valence-electron chi connectivity index (χ1n) is 11.6.